The maximum absolute atomic E-state index is 8.95. The molecule has 0 aliphatic heterocycles. The van der Waals surface area contributed by atoms with Crippen molar-refractivity contribution in [2.75, 3.05) is 0 Å². The van der Waals surface area contributed by atoms with Crippen molar-refractivity contribution in [3.63, 3.8) is 0 Å². The summed E-state index contributed by atoms with van der Waals surface area (Å²) >= 11 is 5.60. The van der Waals surface area contributed by atoms with Crippen molar-refractivity contribution < 1.29 is 5.11 Å². The molecule has 0 saturated carbocycles. The van der Waals surface area contributed by atoms with Gasteiger partial charge in [-0.25, -0.2) is 0 Å². The summed E-state index contributed by atoms with van der Waals surface area (Å²) in [5, 5.41) is 9.33. The second-order valence-electron chi connectivity index (χ2n) is 1.91. The van der Waals surface area contributed by atoms with Crippen molar-refractivity contribution in [2.24, 2.45) is 0 Å². The molecule has 1 N–H and O–H groups in total. The van der Waals surface area contributed by atoms with Gasteiger partial charge in [0.25, 0.3) is 0 Å². The Morgan fingerprint density at radius 2 is 2.33 bits per heavy atom. The number of aliphatic hydroxyl groups is 1. The van der Waals surface area contributed by atoms with Crippen LogP contribution >= 0.6 is 11.6 Å². The fourth-order valence-corrected chi connectivity index (χ4v) is 0.797. The van der Waals surface area contributed by atoms with Crippen LogP contribution in [0.4, 0.5) is 0 Å². The SMILES string of the molecule is C=C1CC=CC(O)=C1Cl. The Balaban J connectivity index is 2.97. The van der Waals surface area contributed by atoms with E-state index in [0.717, 1.165) is 12.0 Å². The maximum Gasteiger partial charge on any atom is 0.134 e. The molecule has 0 fully saturated rings. The van der Waals surface area contributed by atoms with Crippen LogP contribution in [-0.4, -0.2) is 5.11 Å². The zero-order chi connectivity index (χ0) is 6.85. The Morgan fingerprint density at radius 3 is 2.78 bits per heavy atom. The molecule has 0 atom stereocenters. The Morgan fingerprint density at radius 1 is 1.67 bits per heavy atom. The first-order valence-electron chi connectivity index (χ1n) is 2.65. The van der Waals surface area contributed by atoms with Crippen molar-refractivity contribution in [2.45, 2.75) is 6.42 Å². The number of hydrogen-bond donors (Lipinski definition) is 1. The summed E-state index contributed by atoms with van der Waals surface area (Å²) in [5.41, 5.74) is 0.775. The Kier molecular flexibility index (Phi) is 1.63. The lowest BCUT2D eigenvalue weighted by molar-refractivity contribution is 0.428. The smallest absolute Gasteiger partial charge is 0.134 e. The first kappa shape index (κ1) is 6.43. The molecule has 1 rings (SSSR count). The minimum absolute atomic E-state index is 0.118. The third-order valence-electron chi connectivity index (χ3n) is 1.18. The molecule has 1 aliphatic carbocycles. The topological polar surface area (TPSA) is 20.2 Å². The van der Waals surface area contributed by atoms with Gasteiger partial charge in [-0.1, -0.05) is 24.3 Å². The van der Waals surface area contributed by atoms with Crippen LogP contribution in [0.5, 0.6) is 0 Å². The van der Waals surface area contributed by atoms with Gasteiger partial charge in [-0.2, -0.15) is 0 Å². The van der Waals surface area contributed by atoms with Gasteiger partial charge in [0.05, 0.1) is 5.03 Å². The predicted octanol–water partition coefficient (Wildman–Crippen LogP) is 2.51. The van der Waals surface area contributed by atoms with Crippen LogP contribution in [0, 0.1) is 0 Å². The van der Waals surface area contributed by atoms with E-state index >= 15 is 0 Å². The quantitative estimate of drug-likeness (QED) is 0.551. The summed E-state index contributed by atoms with van der Waals surface area (Å²) in [7, 11) is 0. The largest absolute Gasteiger partial charge is 0.506 e. The van der Waals surface area contributed by atoms with Crippen LogP contribution in [0.1, 0.15) is 6.42 Å². The summed E-state index contributed by atoms with van der Waals surface area (Å²) in [6.07, 6.45) is 4.14. The van der Waals surface area contributed by atoms with Crippen LogP contribution in [0.15, 0.2) is 35.1 Å². The minimum Gasteiger partial charge on any atom is -0.506 e. The molecule has 0 spiro atoms. The Bertz CT molecular complexity index is 201. The van der Waals surface area contributed by atoms with E-state index in [1.807, 2.05) is 6.08 Å². The summed E-state index contributed by atoms with van der Waals surface area (Å²) < 4.78 is 0. The third kappa shape index (κ3) is 1.16. The highest BCUT2D eigenvalue weighted by atomic mass is 35.5. The van der Waals surface area contributed by atoms with E-state index in [2.05, 4.69) is 6.58 Å². The summed E-state index contributed by atoms with van der Waals surface area (Å²) in [5.74, 6) is 0.118. The summed E-state index contributed by atoms with van der Waals surface area (Å²) in [6, 6.07) is 0. The van der Waals surface area contributed by atoms with Crippen LogP contribution in [0.3, 0.4) is 0 Å². The highest BCUT2D eigenvalue weighted by molar-refractivity contribution is 6.32. The van der Waals surface area contributed by atoms with E-state index in [1.54, 1.807) is 6.08 Å². The average Bonchev–Trinajstić information content (AvgIpc) is 1.83. The van der Waals surface area contributed by atoms with Gasteiger partial charge in [0.1, 0.15) is 5.76 Å². The monoisotopic (exact) mass is 142 g/mol. The molecule has 0 amide bonds. The molecule has 9 heavy (non-hydrogen) atoms. The van der Waals surface area contributed by atoms with Gasteiger partial charge in [0.2, 0.25) is 0 Å². The van der Waals surface area contributed by atoms with Crippen LogP contribution < -0.4 is 0 Å². The van der Waals surface area contributed by atoms with E-state index in [0.29, 0.717) is 5.03 Å². The van der Waals surface area contributed by atoms with Crippen molar-refractivity contribution in [3.8, 4) is 0 Å². The maximum atomic E-state index is 8.95. The molecule has 0 aromatic carbocycles. The Labute approximate surface area is 59.0 Å². The highest BCUT2D eigenvalue weighted by Gasteiger charge is 2.06. The fourth-order valence-electron chi connectivity index (χ4n) is 0.657. The second kappa shape index (κ2) is 2.28. The molecule has 0 saturated heterocycles. The van der Waals surface area contributed by atoms with E-state index in [-0.39, 0.29) is 5.76 Å². The lowest BCUT2D eigenvalue weighted by Gasteiger charge is -2.06. The third-order valence-corrected chi connectivity index (χ3v) is 1.64. The number of halogens is 1. The lowest BCUT2D eigenvalue weighted by Crippen LogP contribution is -1.90. The second-order valence-corrected chi connectivity index (χ2v) is 2.29. The fraction of sp³-hybridized carbons (Fsp3) is 0.143. The van der Waals surface area contributed by atoms with Crippen molar-refractivity contribution in [1.82, 2.24) is 0 Å². The predicted molar refractivity (Wildman–Crippen MR) is 38.4 cm³/mol. The summed E-state index contributed by atoms with van der Waals surface area (Å²) in [6.45, 7) is 3.64. The molecule has 2 heteroatoms. The van der Waals surface area contributed by atoms with Gasteiger partial charge >= 0.3 is 0 Å². The van der Waals surface area contributed by atoms with Gasteiger partial charge in [0.15, 0.2) is 0 Å². The van der Waals surface area contributed by atoms with Crippen LogP contribution in [-0.2, 0) is 0 Å². The van der Waals surface area contributed by atoms with Gasteiger partial charge in [-0.3, -0.25) is 0 Å². The van der Waals surface area contributed by atoms with Gasteiger partial charge in [0, 0.05) is 0 Å². The number of allylic oxidation sites excluding steroid dienone is 4. The van der Waals surface area contributed by atoms with E-state index < -0.39 is 0 Å². The zero-order valence-electron chi connectivity index (χ0n) is 4.89. The molecular weight excluding hydrogens is 136 g/mol. The molecule has 0 bridgehead atoms. The van der Waals surface area contributed by atoms with Crippen LogP contribution in [0.25, 0.3) is 0 Å². The van der Waals surface area contributed by atoms with E-state index in [1.165, 1.54) is 0 Å². The van der Waals surface area contributed by atoms with Crippen molar-refractivity contribution >= 4 is 11.6 Å². The Hall–Kier alpha value is -0.690. The molecule has 0 heterocycles. The molecule has 0 aromatic rings. The summed E-state index contributed by atoms with van der Waals surface area (Å²) in [4.78, 5) is 0. The molecule has 0 unspecified atom stereocenters. The standard InChI is InChI=1S/C7H7ClO/c1-5-3-2-4-6(9)7(5)8/h2,4,9H,1,3H2. The van der Waals surface area contributed by atoms with Gasteiger partial charge in [-0.05, 0) is 18.1 Å². The molecule has 1 aliphatic rings. The lowest BCUT2D eigenvalue weighted by atomic mass is 10.1. The van der Waals surface area contributed by atoms with Crippen LogP contribution in [0.2, 0.25) is 0 Å². The van der Waals surface area contributed by atoms with Crippen molar-refractivity contribution in [3.05, 3.63) is 35.1 Å². The first-order chi connectivity index (χ1) is 4.22. The molecular formula is C7H7ClO. The van der Waals surface area contributed by atoms with E-state index in [9.17, 15) is 0 Å². The molecule has 0 radical (unpaired) electrons. The zero-order valence-corrected chi connectivity index (χ0v) is 5.65. The van der Waals surface area contributed by atoms with Gasteiger partial charge < -0.3 is 5.11 Å². The van der Waals surface area contributed by atoms with Gasteiger partial charge in [-0.15, -0.1) is 0 Å². The molecule has 0 aromatic heterocycles. The molecule has 48 valence electrons. The number of rotatable bonds is 0. The van der Waals surface area contributed by atoms with Crippen molar-refractivity contribution in [1.29, 1.82) is 0 Å². The molecule has 1 nitrogen and oxygen atoms in total. The normalized spacial score (nSPS) is 19.0. The first-order valence-corrected chi connectivity index (χ1v) is 3.03. The average molecular weight is 143 g/mol. The highest BCUT2D eigenvalue weighted by Crippen LogP contribution is 2.24. The number of aliphatic hydroxyl groups excluding tert-OH is 1. The number of hydrogen-bond acceptors (Lipinski definition) is 1. The minimum atomic E-state index is 0.118. The van der Waals surface area contributed by atoms with E-state index in [4.69, 9.17) is 16.7 Å².